The Balaban J connectivity index is 1.77. The fourth-order valence-corrected chi connectivity index (χ4v) is 3.47. The Morgan fingerprint density at radius 1 is 1.29 bits per heavy atom. The van der Waals surface area contributed by atoms with E-state index in [2.05, 4.69) is 44.4 Å². The summed E-state index contributed by atoms with van der Waals surface area (Å²) in [7, 11) is 0. The van der Waals surface area contributed by atoms with Crippen molar-refractivity contribution in [2.45, 2.75) is 59.6 Å². The molecule has 1 aliphatic heterocycles. The molecule has 1 aromatic rings. The van der Waals surface area contributed by atoms with E-state index in [0.717, 1.165) is 30.8 Å². The van der Waals surface area contributed by atoms with Crippen molar-refractivity contribution in [1.82, 2.24) is 5.32 Å². The third-order valence-electron chi connectivity index (χ3n) is 4.80. The third kappa shape index (κ3) is 5.32. The van der Waals surface area contributed by atoms with E-state index in [4.69, 9.17) is 4.74 Å². The van der Waals surface area contributed by atoms with Crippen LogP contribution in [0.1, 0.15) is 44.7 Å². The first-order chi connectivity index (χ1) is 11.4. The smallest absolute Gasteiger partial charge is 0.225 e. The predicted octanol–water partition coefficient (Wildman–Crippen LogP) is 3.67. The van der Waals surface area contributed by atoms with E-state index in [1.54, 1.807) is 0 Å². The van der Waals surface area contributed by atoms with Crippen LogP contribution in [-0.4, -0.2) is 31.2 Å². The molecule has 0 saturated carbocycles. The number of hydrogen-bond acceptors (Lipinski definition) is 3. The third-order valence-corrected chi connectivity index (χ3v) is 4.80. The van der Waals surface area contributed by atoms with Crippen LogP contribution in [0, 0.1) is 25.7 Å². The van der Waals surface area contributed by atoms with Crippen molar-refractivity contribution < 1.29 is 9.53 Å². The van der Waals surface area contributed by atoms with Crippen LogP contribution in [0.15, 0.2) is 18.2 Å². The van der Waals surface area contributed by atoms with Crippen LogP contribution in [0.25, 0.3) is 0 Å². The van der Waals surface area contributed by atoms with Crippen LogP contribution < -0.4 is 10.6 Å². The lowest BCUT2D eigenvalue weighted by atomic mass is 9.93. The highest BCUT2D eigenvalue weighted by atomic mass is 16.5. The van der Waals surface area contributed by atoms with Gasteiger partial charge in [0, 0.05) is 31.3 Å². The van der Waals surface area contributed by atoms with Gasteiger partial charge in [-0.15, -0.1) is 0 Å². The van der Waals surface area contributed by atoms with Crippen LogP contribution in [0.2, 0.25) is 0 Å². The van der Waals surface area contributed by atoms with Crippen molar-refractivity contribution in [1.29, 1.82) is 0 Å². The highest BCUT2D eigenvalue weighted by molar-refractivity contribution is 5.91. The minimum atomic E-state index is 0.0602. The van der Waals surface area contributed by atoms with Gasteiger partial charge in [-0.3, -0.25) is 4.79 Å². The first-order valence-corrected chi connectivity index (χ1v) is 9.09. The normalized spacial score (nSPS) is 21.9. The maximum Gasteiger partial charge on any atom is 0.225 e. The molecule has 1 heterocycles. The van der Waals surface area contributed by atoms with E-state index in [-0.39, 0.29) is 11.9 Å². The fourth-order valence-electron chi connectivity index (χ4n) is 3.47. The number of ether oxygens (including phenoxy) is 1. The average Bonchev–Trinajstić information content (AvgIpc) is 2.97. The number of amides is 1. The summed E-state index contributed by atoms with van der Waals surface area (Å²) in [4.78, 5) is 12.3. The lowest BCUT2D eigenvalue weighted by Gasteiger charge is -2.24. The minimum absolute atomic E-state index is 0.0602. The summed E-state index contributed by atoms with van der Waals surface area (Å²) in [5.41, 5.74) is 3.22. The van der Waals surface area contributed by atoms with Crippen molar-refractivity contribution >= 4 is 11.6 Å². The number of anilines is 1. The number of carbonyl (C=O) groups is 1. The number of aryl methyl sites for hydroxylation is 2. The van der Waals surface area contributed by atoms with Crippen molar-refractivity contribution in [2.75, 3.05) is 18.5 Å². The molecule has 24 heavy (non-hydrogen) atoms. The highest BCUT2D eigenvalue weighted by Gasteiger charge is 2.30. The molecule has 3 atom stereocenters. The first kappa shape index (κ1) is 18.9. The van der Waals surface area contributed by atoms with E-state index in [9.17, 15) is 4.79 Å². The Hall–Kier alpha value is -1.39. The van der Waals surface area contributed by atoms with Crippen molar-refractivity contribution in [3.05, 3.63) is 29.3 Å². The minimum Gasteiger partial charge on any atom is -0.378 e. The molecule has 0 bridgehead atoms. The van der Waals surface area contributed by atoms with Gasteiger partial charge in [-0.2, -0.15) is 0 Å². The highest BCUT2D eigenvalue weighted by Crippen LogP contribution is 2.26. The predicted molar refractivity (Wildman–Crippen MR) is 99.3 cm³/mol. The summed E-state index contributed by atoms with van der Waals surface area (Å²) < 4.78 is 5.82. The molecule has 1 aliphatic rings. The van der Waals surface area contributed by atoms with Crippen LogP contribution in [0.3, 0.4) is 0 Å². The molecule has 4 heteroatoms. The van der Waals surface area contributed by atoms with Gasteiger partial charge in [0.15, 0.2) is 0 Å². The summed E-state index contributed by atoms with van der Waals surface area (Å²) in [6.45, 7) is 12.4. The van der Waals surface area contributed by atoms with E-state index < -0.39 is 0 Å². The van der Waals surface area contributed by atoms with Crippen molar-refractivity contribution in [2.24, 2.45) is 11.8 Å². The average molecular weight is 332 g/mol. The monoisotopic (exact) mass is 332 g/mol. The number of carbonyl (C=O) groups excluding carboxylic acids is 1. The largest absolute Gasteiger partial charge is 0.378 e. The zero-order chi connectivity index (χ0) is 17.7. The van der Waals surface area contributed by atoms with Gasteiger partial charge < -0.3 is 15.4 Å². The molecule has 0 aromatic heterocycles. The summed E-state index contributed by atoms with van der Waals surface area (Å²) >= 11 is 0. The quantitative estimate of drug-likeness (QED) is 0.801. The Labute approximate surface area is 146 Å². The van der Waals surface area contributed by atoms with Gasteiger partial charge in [0.2, 0.25) is 5.91 Å². The molecular weight excluding hydrogens is 300 g/mol. The molecular formula is C20H32N2O2. The molecule has 1 fully saturated rings. The van der Waals surface area contributed by atoms with E-state index in [1.807, 2.05) is 19.1 Å². The molecule has 2 rings (SSSR count). The maximum atomic E-state index is 12.3. The van der Waals surface area contributed by atoms with Gasteiger partial charge in [0.25, 0.3) is 0 Å². The van der Waals surface area contributed by atoms with Crippen molar-refractivity contribution in [3.8, 4) is 0 Å². The lowest BCUT2D eigenvalue weighted by molar-refractivity contribution is -0.116. The molecule has 134 valence electrons. The number of hydrogen-bond donors (Lipinski definition) is 2. The molecule has 1 saturated heterocycles. The second-order valence-corrected chi connectivity index (χ2v) is 7.51. The molecule has 0 radical (unpaired) electrons. The second kappa shape index (κ2) is 8.63. The molecule has 2 N–H and O–H groups in total. The zero-order valence-corrected chi connectivity index (χ0v) is 15.7. The topological polar surface area (TPSA) is 50.4 Å². The van der Waals surface area contributed by atoms with Crippen LogP contribution in [0.4, 0.5) is 5.69 Å². The molecule has 4 nitrogen and oxygen atoms in total. The van der Waals surface area contributed by atoms with Gasteiger partial charge in [-0.25, -0.2) is 0 Å². The molecule has 0 unspecified atom stereocenters. The van der Waals surface area contributed by atoms with Crippen LogP contribution >= 0.6 is 0 Å². The fraction of sp³-hybridized carbons (Fsp3) is 0.650. The van der Waals surface area contributed by atoms with Gasteiger partial charge in [0.1, 0.15) is 0 Å². The standard InChI is InChI=1S/C20H32N2O2/c1-13(2)20-17(8-9-24-20)12-21-16(5)11-19(23)22-18-7-6-14(3)10-15(18)4/h6-7,10,13,16-17,20-21H,8-9,11-12H2,1-5H3,(H,22,23)/t16-,17-,20+/m0/s1. The molecule has 0 aliphatic carbocycles. The summed E-state index contributed by atoms with van der Waals surface area (Å²) in [6, 6.07) is 6.24. The summed E-state index contributed by atoms with van der Waals surface area (Å²) in [5.74, 6) is 1.15. The Morgan fingerprint density at radius 3 is 2.71 bits per heavy atom. The van der Waals surface area contributed by atoms with E-state index >= 15 is 0 Å². The molecule has 1 aromatic carbocycles. The zero-order valence-electron chi connectivity index (χ0n) is 15.7. The Bertz CT molecular complexity index is 557. The van der Waals surface area contributed by atoms with E-state index in [0.29, 0.717) is 24.4 Å². The number of benzene rings is 1. The van der Waals surface area contributed by atoms with Crippen molar-refractivity contribution in [3.63, 3.8) is 0 Å². The second-order valence-electron chi connectivity index (χ2n) is 7.51. The van der Waals surface area contributed by atoms with Gasteiger partial charge in [-0.1, -0.05) is 31.5 Å². The molecule has 1 amide bonds. The molecule has 0 spiro atoms. The number of rotatable bonds is 7. The van der Waals surface area contributed by atoms with Gasteiger partial charge in [-0.05, 0) is 50.7 Å². The van der Waals surface area contributed by atoms with Crippen LogP contribution in [0.5, 0.6) is 0 Å². The first-order valence-electron chi connectivity index (χ1n) is 9.09. The van der Waals surface area contributed by atoms with Crippen LogP contribution in [-0.2, 0) is 9.53 Å². The summed E-state index contributed by atoms with van der Waals surface area (Å²) in [6.07, 6.45) is 1.93. The Kier molecular flexibility index (Phi) is 6.81. The SMILES string of the molecule is Cc1ccc(NC(=O)C[C@H](C)NC[C@@H]2CCO[C@@H]2C(C)C)c(C)c1. The summed E-state index contributed by atoms with van der Waals surface area (Å²) in [5, 5.41) is 6.53. The Morgan fingerprint density at radius 2 is 2.04 bits per heavy atom. The van der Waals surface area contributed by atoms with Gasteiger partial charge in [0.05, 0.1) is 6.10 Å². The maximum absolute atomic E-state index is 12.3. The van der Waals surface area contributed by atoms with Gasteiger partial charge >= 0.3 is 0 Å². The lowest BCUT2D eigenvalue weighted by Crippen LogP contribution is -2.37. The van der Waals surface area contributed by atoms with E-state index in [1.165, 1.54) is 5.56 Å². The number of nitrogens with one attached hydrogen (secondary N) is 2.